The van der Waals surface area contributed by atoms with Crippen LogP contribution in [-0.2, 0) is 13.1 Å². The summed E-state index contributed by atoms with van der Waals surface area (Å²) in [4.78, 5) is 23.0. The number of methoxy groups -OCH3 is 1. The molecular formula is C27H29N5O2. The maximum absolute atomic E-state index is 13.4. The number of fused-ring (bicyclic) bond motifs is 2. The van der Waals surface area contributed by atoms with Crippen molar-refractivity contribution in [2.75, 3.05) is 12.8 Å². The summed E-state index contributed by atoms with van der Waals surface area (Å²) >= 11 is 0. The van der Waals surface area contributed by atoms with E-state index in [-0.39, 0.29) is 5.91 Å². The molecule has 1 aliphatic carbocycles. The third-order valence-electron chi connectivity index (χ3n) is 6.49. The lowest BCUT2D eigenvalue weighted by Crippen LogP contribution is -2.24. The number of nitrogens with zero attached hydrogens (tertiary/aromatic N) is 3. The highest BCUT2D eigenvalue weighted by molar-refractivity contribution is 6.10. The number of amides is 1. The number of carbonyl (C=O) groups is 1. The summed E-state index contributed by atoms with van der Waals surface area (Å²) in [7, 11) is 1.62. The fourth-order valence-corrected chi connectivity index (χ4v) is 4.67. The van der Waals surface area contributed by atoms with Crippen LogP contribution >= 0.6 is 0 Å². The normalized spacial score (nSPS) is 13.7. The summed E-state index contributed by atoms with van der Waals surface area (Å²) in [6.45, 7) is 0.990. The number of nitrogen functional groups attached to an aromatic ring is 1. The van der Waals surface area contributed by atoms with E-state index < -0.39 is 0 Å². The van der Waals surface area contributed by atoms with Gasteiger partial charge in [0.1, 0.15) is 22.6 Å². The van der Waals surface area contributed by atoms with Crippen molar-refractivity contribution in [3.8, 4) is 5.75 Å². The Hall–Kier alpha value is -3.87. The minimum atomic E-state index is -0.270. The zero-order valence-electron chi connectivity index (χ0n) is 19.4. The van der Waals surface area contributed by atoms with E-state index >= 15 is 0 Å². The van der Waals surface area contributed by atoms with E-state index in [1.807, 2.05) is 53.1 Å². The summed E-state index contributed by atoms with van der Waals surface area (Å²) in [5.74, 6) is 0.859. The highest BCUT2D eigenvalue weighted by Crippen LogP contribution is 2.30. The molecule has 0 saturated carbocycles. The molecule has 1 amide bonds. The molecule has 0 bridgehead atoms. The Kier molecular flexibility index (Phi) is 6.16. The van der Waals surface area contributed by atoms with Gasteiger partial charge >= 0.3 is 0 Å². The van der Waals surface area contributed by atoms with Crippen LogP contribution in [0.2, 0.25) is 0 Å². The molecule has 0 fully saturated rings. The van der Waals surface area contributed by atoms with Crippen LogP contribution in [0.15, 0.2) is 60.2 Å². The number of ether oxygens (including phenoxy) is 1. The number of carbonyl (C=O) groups excluding carboxylic acids is 1. The van der Waals surface area contributed by atoms with Crippen LogP contribution in [0, 0.1) is 0 Å². The van der Waals surface area contributed by atoms with Gasteiger partial charge in [-0.1, -0.05) is 42.0 Å². The first kappa shape index (κ1) is 21.9. The van der Waals surface area contributed by atoms with E-state index in [0.717, 1.165) is 41.6 Å². The first-order valence-corrected chi connectivity index (χ1v) is 11.8. The van der Waals surface area contributed by atoms with E-state index in [0.29, 0.717) is 35.6 Å². The Morgan fingerprint density at radius 3 is 2.62 bits per heavy atom. The van der Waals surface area contributed by atoms with Gasteiger partial charge < -0.3 is 20.4 Å². The fraction of sp³-hybridized carbons (Fsp3) is 0.296. The second-order valence-corrected chi connectivity index (χ2v) is 8.65. The van der Waals surface area contributed by atoms with Gasteiger partial charge in [-0.3, -0.25) is 4.79 Å². The zero-order valence-corrected chi connectivity index (χ0v) is 19.4. The van der Waals surface area contributed by atoms with Gasteiger partial charge in [-0.2, -0.15) is 0 Å². The summed E-state index contributed by atoms with van der Waals surface area (Å²) in [6, 6.07) is 15.3. The van der Waals surface area contributed by atoms with Crippen LogP contribution in [0.3, 0.4) is 0 Å². The molecule has 0 aliphatic heterocycles. The molecule has 0 spiro atoms. The monoisotopic (exact) mass is 455 g/mol. The van der Waals surface area contributed by atoms with E-state index in [9.17, 15) is 4.79 Å². The van der Waals surface area contributed by atoms with Crippen LogP contribution in [-0.4, -0.2) is 27.6 Å². The molecule has 7 heteroatoms. The predicted molar refractivity (Wildman–Crippen MR) is 135 cm³/mol. The van der Waals surface area contributed by atoms with Gasteiger partial charge in [-0.25, -0.2) is 9.97 Å². The minimum absolute atomic E-state index is 0.270. The molecule has 1 aliphatic rings. The number of aryl methyl sites for hydroxylation is 1. The second-order valence-electron chi connectivity index (χ2n) is 8.65. The van der Waals surface area contributed by atoms with Crippen molar-refractivity contribution in [3.05, 3.63) is 71.3 Å². The molecular weight excluding hydrogens is 426 g/mol. The van der Waals surface area contributed by atoms with Gasteiger partial charge in [0.15, 0.2) is 5.65 Å². The second kappa shape index (κ2) is 9.55. The predicted octanol–water partition coefficient (Wildman–Crippen LogP) is 5.00. The van der Waals surface area contributed by atoms with Crippen molar-refractivity contribution in [2.24, 2.45) is 0 Å². The lowest BCUT2D eigenvalue weighted by Gasteiger charge is -2.14. The number of anilines is 1. The van der Waals surface area contributed by atoms with Crippen LogP contribution in [0.25, 0.3) is 22.2 Å². The molecule has 2 heterocycles. The lowest BCUT2D eigenvalue weighted by molar-refractivity contribution is 0.0953. The largest absolute Gasteiger partial charge is 0.496 e. The molecule has 34 heavy (non-hydrogen) atoms. The number of benzene rings is 2. The highest BCUT2D eigenvalue weighted by atomic mass is 16.5. The molecule has 5 rings (SSSR count). The maximum Gasteiger partial charge on any atom is 0.257 e. The van der Waals surface area contributed by atoms with Gasteiger partial charge in [0.2, 0.25) is 0 Å². The molecule has 0 unspecified atom stereocenters. The molecule has 7 nitrogen and oxygen atoms in total. The molecule has 3 N–H and O–H groups in total. The Morgan fingerprint density at radius 2 is 1.85 bits per heavy atom. The number of nitrogens with one attached hydrogen (secondary N) is 1. The Bertz CT molecular complexity index is 1390. The Labute approximate surface area is 198 Å². The molecule has 0 radical (unpaired) electrons. The third-order valence-corrected chi connectivity index (χ3v) is 6.49. The van der Waals surface area contributed by atoms with E-state index in [1.54, 1.807) is 7.11 Å². The smallest absolute Gasteiger partial charge is 0.257 e. The summed E-state index contributed by atoms with van der Waals surface area (Å²) < 4.78 is 7.36. The van der Waals surface area contributed by atoms with Gasteiger partial charge in [0.05, 0.1) is 18.1 Å². The topological polar surface area (TPSA) is 95.1 Å². The van der Waals surface area contributed by atoms with Gasteiger partial charge in [0.25, 0.3) is 5.91 Å². The van der Waals surface area contributed by atoms with Gasteiger partial charge in [0, 0.05) is 18.7 Å². The lowest BCUT2D eigenvalue weighted by atomic mass is 9.97. The fourth-order valence-electron chi connectivity index (χ4n) is 4.67. The number of hydrogen-bond donors (Lipinski definition) is 2. The van der Waals surface area contributed by atoms with Gasteiger partial charge in [-0.05, 0) is 50.3 Å². The maximum atomic E-state index is 13.4. The first-order chi connectivity index (χ1) is 16.7. The van der Waals surface area contributed by atoms with E-state index in [2.05, 4.69) is 11.4 Å². The highest BCUT2D eigenvalue weighted by Gasteiger charge is 2.24. The number of rotatable bonds is 7. The number of aromatic nitrogens is 3. The van der Waals surface area contributed by atoms with Crippen molar-refractivity contribution >= 4 is 33.9 Å². The van der Waals surface area contributed by atoms with E-state index in [4.69, 9.17) is 20.4 Å². The average molecular weight is 456 g/mol. The quantitative estimate of drug-likeness (QED) is 0.383. The average Bonchev–Trinajstić information content (AvgIpc) is 3.15. The van der Waals surface area contributed by atoms with Crippen LogP contribution < -0.4 is 15.8 Å². The summed E-state index contributed by atoms with van der Waals surface area (Å²) in [5, 5.41) is 3.00. The Balaban J connectivity index is 1.51. The Morgan fingerprint density at radius 1 is 1.09 bits per heavy atom. The number of allylic oxidation sites excluding steroid dienone is 2. The number of nitrogens with two attached hydrogens (primary N) is 1. The molecule has 174 valence electrons. The molecule has 4 aromatic rings. The van der Waals surface area contributed by atoms with Crippen LogP contribution in [0.1, 0.15) is 48.0 Å². The van der Waals surface area contributed by atoms with Crippen molar-refractivity contribution < 1.29 is 9.53 Å². The summed E-state index contributed by atoms with van der Waals surface area (Å²) in [6.07, 6.45) is 7.98. The molecule has 2 aromatic carbocycles. The third kappa shape index (κ3) is 4.21. The van der Waals surface area contributed by atoms with Crippen molar-refractivity contribution in [2.45, 2.75) is 45.2 Å². The standard InChI is InChI=1S/C27H29N5O2/c1-34-22-14-8-5-11-19(22)17-29-27(33)23-24-26(31-21-13-7-6-12-20(21)30-24)32(25(23)28)16-15-18-9-3-2-4-10-18/h5-9,11-14H,2-4,10,15-17,28H2,1H3,(H,29,33). The minimum Gasteiger partial charge on any atom is -0.496 e. The van der Waals surface area contributed by atoms with Crippen molar-refractivity contribution in [3.63, 3.8) is 0 Å². The molecule has 0 atom stereocenters. The van der Waals surface area contributed by atoms with Crippen molar-refractivity contribution in [1.82, 2.24) is 19.9 Å². The van der Waals surface area contributed by atoms with Crippen LogP contribution in [0.4, 0.5) is 5.82 Å². The number of para-hydroxylation sites is 3. The van der Waals surface area contributed by atoms with Gasteiger partial charge in [-0.15, -0.1) is 0 Å². The zero-order chi connectivity index (χ0) is 23.5. The summed E-state index contributed by atoms with van der Waals surface area (Å²) in [5.41, 5.74) is 12.0. The molecule has 0 saturated heterocycles. The SMILES string of the molecule is COc1ccccc1CNC(=O)c1c(N)n(CCC2=CCCCC2)c2nc3ccccc3nc12. The van der Waals surface area contributed by atoms with Crippen molar-refractivity contribution in [1.29, 1.82) is 0 Å². The molecule has 2 aromatic heterocycles. The number of hydrogen-bond acceptors (Lipinski definition) is 5. The van der Waals surface area contributed by atoms with Crippen LogP contribution in [0.5, 0.6) is 5.75 Å². The van der Waals surface area contributed by atoms with E-state index in [1.165, 1.54) is 18.4 Å². The first-order valence-electron chi connectivity index (χ1n) is 11.8.